The maximum atomic E-state index is 6.68. The summed E-state index contributed by atoms with van der Waals surface area (Å²) in [5.74, 6) is 1.51. The average molecular weight is 608 g/mol. The summed E-state index contributed by atoms with van der Waals surface area (Å²) in [6.07, 6.45) is 3.77. The van der Waals surface area contributed by atoms with E-state index in [4.69, 9.17) is 14.7 Å². The number of fused-ring (bicyclic) bond motifs is 16. The van der Waals surface area contributed by atoms with Gasteiger partial charge in [-0.3, -0.25) is 13.8 Å². The lowest BCUT2D eigenvalue weighted by Crippen LogP contribution is -2.12. The SMILES string of the molecule is CC(C)(C)c1cccc2c1c1ccc(Oc3ccc4c5ccncc5n5c6ccccc6nc5c4c3)cc1c1nc3ccccc3n21. The van der Waals surface area contributed by atoms with Crippen LogP contribution >= 0.6 is 0 Å². The van der Waals surface area contributed by atoms with E-state index in [0.717, 1.165) is 77.4 Å². The van der Waals surface area contributed by atoms with Gasteiger partial charge in [-0.25, -0.2) is 9.97 Å². The molecule has 0 aliphatic carbocycles. The molecule has 0 saturated carbocycles. The average Bonchev–Trinajstić information content (AvgIpc) is 3.68. The van der Waals surface area contributed by atoms with E-state index in [1.54, 1.807) is 0 Å². The Morgan fingerprint density at radius 2 is 1.13 bits per heavy atom. The molecule has 5 heterocycles. The van der Waals surface area contributed by atoms with Crippen molar-refractivity contribution in [3.63, 3.8) is 0 Å². The molecule has 224 valence electrons. The fourth-order valence-corrected chi connectivity index (χ4v) is 7.46. The summed E-state index contributed by atoms with van der Waals surface area (Å²) in [4.78, 5) is 14.7. The highest BCUT2D eigenvalue weighted by Crippen LogP contribution is 2.41. The molecule has 5 aromatic heterocycles. The summed E-state index contributed by atoms with van der Waals surface area (Å²) in [5.41, 5.74) is 9.35. The summed E-state index contributed by atoms with van der Waals surface area (Å²) < 4.78 is 11.2. The van der Waals surface area contributed by atoms with Crippen LogP contribution in [0, 0.1) is 0 Å². The largest absolute Gasteiger partial charge is 0.457 e. The molecule has 6 nitrogen and oxygen atoms in total. The number of rotatable bonds is 2. The van der Waals surface area contributed by atoms with Gasteiger partial charge in [0.2, 0.25) is 0 Å². The summed E-state index contributed by atoms with van der Waals surface area (Å²) in [6, 6.07) is 38.0. The van der Waals surface area contributed by atoms with Crippen molar-refractivity contribution in [1.29, 1.82) is 0 Å². The molecule has 47 heavy (non-hydrogen) atoms. The molecule has 0 radical (unpaired) electrons. The number of aromatic nitrogens is 5. The Balaban J connectivity index is 1.22. The van der Waals surface area contributed by atoms with Gasteiger partial charge in [0.15, 0.2) is 0 Å². The molecule has 0 fully saturated rings. The highest BCUT2D eigenvalue weighted by atomic mass is 16.5. The molecule has 10 aromatic rings. The van der Waals surface area contributed by atoms with Crippen LogP contribution in [0.25, 0.3) is 76.7 Å². The molecule has 0 amide bonds. The van der Waals surface area contributed by atoms with Crippen molar-refractivity contribution >= 4 is 76.7 Å². The molecule has 6 heteroatoms. The number of hydrogen-bond donors (Lipinski definition) is 0. The van der Waals surface area contributed by atoms with Gasteiger partial charge in [-0.1, -0.05) is 57.2 Å². The number of hydrogen-bond acceptors (Lipinski definition) is 4. The molecule has 0 saturated heterocycles. The summed E-state index contributed by atoms with van der Waals surface area (Å²) in [5, 5.41) is 6.74. The second kappa shape index (κ2) is 9.27. The van der Waals surface area contributed by atoms with Gasteiger partial charge in [0.25, 0.3) is 0 Å². The van der Waals surface area contributed by atoms with Gasteiger partial charge in [-0.05, 0) is 94.5 Å². The zero-order valence-electron chi connectivity index (χ0n) is 26.2. The fraction of sp³-hybridized carbons (Fsp3) is 0.0976. The van der Waals surface area contributed by atoms with Gasteiger partial charge in [-0.2, -0.15) is 0 Å². The van der Waals surface area contributed by atoms with E-state index in [1.165, 1.54) is 16.3 Å². The number of para-hydroxylation sites is 4. The van der Waals surface area contributed by atoms with Crippen LogP contribution in [0.15, 0.2) is 122 Å². The molecule has 0 aliphatic rings. The second-order valence-electron chi connectivity index (χ2n) is 13.4. The van der Waals surface area contributed by atoms with Crippen LogP contribution in [0.1, 0.15) is 26.3 Å². The third-order valence-corrected chi connectivity index (χ3v) is 9.51. The lowest BCUT2D eigenvalue weighted by atomic mass is 9.83. The summed E-state index contributed by atoms with van der Waals surface area (Å²) in [6.45, 7) is 6.84. The number of nitrogens with zero attached hydrogens (tertiary/aromatic N) is 5. The first-order valence-electron chi connectivity index (χ1n) is 15.9. The molecule has 0 aliphatic heterocycles. The molecule has 0 atom stereocenters. The van der Waals surface area contributed by atoms with Gasteiger partial charge in [0.05, 0.1) is 39.3 Å². The molecule has 0 spiro atoms. The molecular weight excluding hydrogens is 578 g/mol. The van der Waals surface area contributed by atoms with Crippen molar-refractivity contribution in [1.82, 2.24) is 23.8 Å². The topological polar surface area (TPSA) is 56.7 Å². The zero-order valence-corrected chi connectivity index (χ0v) is 26.2. The Morgan fingerprint density at radius 3 is 1.81 bits per heavy atom. The lowest BCUT2D eigenvalue weighted by molar-refractivity contribution is 0.484. The van der Waals surface area contributed by atoms with Gasteiger partial charge < -0.3 is 4.74 Å². The molecular formula is C41H29N5O. The monoisotopic (exact) mass is 607 g/mol. The van der Waals surface area contributed by atoms with E-state index >= 15 is 0 Å². The predicted octanol–water partition coefficient (Wildman–Crippen LogP) is 10.4. The predicted molar refractivity (Wildman–Crippen MR) is 192 cm³/mol. The highest BCUT2D eigenvalue weighted by Gasteiger charge is 2.22. The first-order valence-corrected chi connectivity index (χ1v) is 15.9. The lowest BCUT2D eigenvalue weighted by Gasteiger charge is -2.23. The number of benzene rings is 5. The van der Waals surface area contributed by atoms with Gasteiger partial charge >= 0.3 is 0 Å². The van der Waals surface area contributed by atoms with E-state index < -0.39 is 0 Å². The van der Waals surface area contributed by atoms with E-state index in [-0.39, 0.29) is 5.41 Å². The number of imidazole rings is 2. The Labute approximate surface area is 269 Å². The maximum absolute atomic E-state index is 6.68. The Bertz CT molecular complexity index is 2930. The minimum atomic E-state index is -0.0417. The van der Waals surface area contributed by atoms with Crippen LogP contribution in [0.2, 0.25) is 0 Å². The third-order valence-electron chi connectivity index (χ3n) is 9.51. The quantitative estimate of drug-likeness (QED) is 0.184. The first-order chi connectivity index (χ1) is 22.9. The van der Waals surface area contributed by atoms with Crippen molar-refractivity contribution in [2.24, 2.45) is 0 Å². The van der Waals surface area contributed by atoms with Gasteiger partial charge in [0.1, 0.15) is 22.8 Å². The Hall–Kier alpha value is -6.01. The highest BCUT2D eigenvalue weighted by molar-refractivity contribution is 6.16. The van der Waals surface area contributed by atoms with Crippen LogP contribution in [-0.4, -0.2) is 23.8 Å². The first kappa shape index (κ1) is 26.2. The molecule has 0 unspecified atom stereocenters. The minimum absolute atomic E-state index is 0.0417. The van der Waals surface area contributed by atoms with Crippen molar-refractivity contribution in [2.45, 2.75) is 26.2 Å². The third kappa shape index (κ3) is 3.69. The van der Waals surface area contributed by atoms with Crippen LogP contribution in [0.5, 0.6) is 11.5 Å². The summed E-state index contributed by atoms with van der Waals surface area (Å²) in [7, 11) is 0. The van der Waals surface area contributed by atoms with Crippen LogP contribution in [0.3, 0.4) is 0 Å². The standard InChI is InChI=1S/C41H29N5O/c1-41(2,3)31-9-8-14-36-38(31)28-18-16-25(22-30(28)40-44-32-10-4-6-12-34(32)45(36)40)47-24-15-17-26-27-19-20-42-23-37(27)46-35-13-7-5-11-33(35)43-39(46)29(26)21-24/h4-23H,1-3H3. The van der Waals surface area contributed by atoms with E-state index in [1.807, 2.05) is 30.6 Å². The van der Waals surface area contributed by atoms with Crippen molar-refractivity contribution < 1.29 is 4.74 Å². The van der Waals surface area contributed by atoms with E-state index in [2.05, 4.69) is 126 Å². The van der Waals surface area contributed by atoms with Crippen LogP contribution in [0.4, 0.5) is 0 Å². The van der Waals surface area contributed by atoms with Gasteiger partial charge in [0, 0.05) is 27.7 Å². The van der Waals surface area contributed by atoms with E-state index in [9.17, 15) is 0 Å². The smallest absolute Gasteiger partial charge is 0.146 e. The normalized spacial score (nSPS) is 12.6. The van der Waals surface area contributed by atoms with Crippen molar-refractivity contribution in [3.8, 4) is 11.5 Å². The van der Waals surface area contributed by atoms with Crippen molar-refractivity contribution in [3.05, 3.63) is 127 Å². The summed E-state index contributed by atoms with van der Waals surface area (Å²) >= 11 is 0. The fourth-order valence-electron chi connectivity index (χ4n) is 7.46. The Kier molecular flexibility index (Phi) is 5.17. The van der Waals surface area contributed by atoms with Crippen molar-refractivity contribution in [2.75, 3.05) is 0 Å². The van der Waals surface area contributed by atoms with Crippen LogP contribution < -0.4 is 4.74 Å². The van der Waals surface area contributed by atoms with E-state index in [0.29, 0.717) is 0 Å². The molecule has 5 aromatic carbocycles. The molecule has 0 N–H and O–H groups in total. The number of pyridine rings is 3. The second-order valence-corrected chi connectivity index (χ2v) is 13.4. The minimum Gasteiger partial charge on any atom is -0.457 e. The zero-order chi connectivity index (χ0) is 31.4. The Morgan fingerprint density at radius 1 is 0.532 bits per heavy atom. The van der Waals surface area contributed by atoms with Gasteiger partial charge in [-0.15, -0.1) is 0 Å². The maximum Gasteiger partial charge on any atom is 0.146 e. The van der Waals surface area contributed by atoms with Crippen LogP contribution in [-0.2, 0) is 5.41 Å². The molecule has 10 rings (SSSR count). The number of ether oxygens (including phenoxy) is 1. The molecule has 0 bridgehead atoms.